The third kappa shape index (κ3) is 3.80. The summed E-state index contributed by atoms with van der Waals surface area (Å²) in [6, 6.07) is 6.61. The molecule has 10 heteroatoms. The Morgan fingerprint density at radius 1 is 1.11 bits per heavy atom. The number of alkyl halides is 3. The van der Waals surface area contributed by atoms with E-state index in [2.05, 4.69) is 15.1 Å². The second-order valence-corrected chi connectivity index (χ2v) is 5.68. The van der Waals surface area contributed by atoms with Crippen molar-refractivity contribution in [3.63, 3.8) is 0 Å². The number of carbonyl (C=O) groups excluding carboxylic acids is 1. The van der Waals surface area contributed by atoms with Crippen LogP contribution >= 0.6 is 0 Å². The smallest absolute Gasteiger partial charge is 0.296 e. The normalized spacial score (nSPS) is 12.3. The molecule has 144 valence electrons. The molecule has 0 amide bonds. The van der Waals surface area contributed by atoms with Crippen LogP contribution in [0.15, 0.2) is 47.7 Å². The van der Waals surface area contributed by atoms with Gasteiger partial charge in [0.05, 0.1) is 29.3 Å². The molecule has 0 aliphatic carbocycles. The summed E-state index contributed by atoms with van der Waals surface area (Å²) in [5.74, 6) is -2.09. The van der Waals surface area contributed by atoms with Crippen LogP contribution in [-0.2, 0) is 18.0 Å². The van der Waals surface area contributed by atoms with Crippen LogP contribution in [-0.4, -0.2) is 26.8 Å². The predicted molar refractivity (Wildman–Crippen MR) is 90.1 cm³/mol. The first kappa shape index (κ1) is 19.3. The average molecular weight is 394 g/mol. The zero-order chi connectivity index (χ0) is 20.5. The number of benzene rings is 1. The first-order chi connectivity index (χ1) is 13.2. The summed E-state index contributed by atoms with van der Waals surface area (Å²) < 4.78 is 67.0. The standard InChI is InChI=1S/C18H11F5N4O/c1-27-15(6-16(26-27)18(21,22)23)10-2-4-11(5-3-10)25-14(9-28)17-12(19)7-24-8-13(17)20/h2-9H,1H3. The molecule has 1 aromatic carbocycles. The van der Waals surface area contributed by atoms with Crippen LogP contribution in [0.2, 0.25) is 0 Å². The first-order valence-electron chi connectivity index (χ1n) is 7.75. The molecule has 0 fully saturated rings. The Balaban J connectivity index is 1.96. The number of hydrogen-bond acceptors (Lipinski definition) is 4. The van der Waals surface area contributed by atoms with Crippen LogP contribution in [0, 0.1) is 11.6 Å². The van der Waals surface area contributed by atoms with E-state index in [9.17, 15) is 26.7 Å². The van der Waals surface area contributed by atoms with Crippen molar-refractivity contribution in [2.75, 3.05) is 0 Å². The van der Waals surface area contributed by atoms with Gasteiger partial charge < -0.3 is 0 Å². The molecular formula is C18H11F5N4O. The van der Waals surface area contributed by atoms with Gasteiger partial charge in [0.2, 0.25) is 0 Å². The predicted octanol–water partition coefficient (Wildman–Crippen LogP) is 4.10. The number of carbonyl (C=O) groups is 1. The van der Waals surface area contributed by atoms with Gasteiger partial charge in [-0.1, -0.05) is 12.1 Å². The highest BCUT2D eigenvalue weighted by Gasteiger charge is 2.34. The zero-order valence-electron chi connectivity index (χ0n) is 14.2. The lowest BCUT2D eigenvalue weighted by molar-refractivity contribution is -0.141. The second-order valence-electron chi connectivity index (χ2n) is 5.68. The Labute approximate surface area is 155 Å². The Bertz CT molecular complexity index is 1030. The van der Waals surface area contributed by atoms with E-state index in [0.717, 1.165) is 23.1 Å². The highest BCUT2D eigenvalue weighted by atomic mass is 19.4. The van der Waals surface area contributed by atoms with Crippen molar-refractivity contribution in [1.82, 2.24) is 14.8 Å². The van der Waals surface area contributed by atoms with Crippen molar-refractivity contribution < 1.29 is 26.7 Å². The summed E-state index contributed by atoms with van der Waals surface area (Å²) in [5, 5.41) is 3.43. The van der Waals surface area contributed by atoms with E-state index >= 15 is 0 Å². The lowest BCUT2D eigenvalue weighted by atomic mass is 10.1. The second kappa shape index (κ2) is 7.29. The molecule has 0 atom stereocenters. The summed E-state index contributed by atoms with van der Waals surface area (Å²) in [4.78, 5) is 18.5. The van der Waals surface area contributed by atoms with Gasteiger partial charge in [0, 0.05) is 7.05 Å². The fraction of sp³-hybridized carbons (Fsp3) is 0.111. The van der Waals surface area contributed by atoms with E-state index in [4.69, 9.17) is 0 Å². The van der Waals surface area contributed by atoms with E-state index in [-0.39, 0.29) is 17.7 Å². The first-order valence-corrected chi connectivity index (χ1v) is 7.75. The highest BCUT2D eigenvalue weighted by molar-refractivity contribution is 6.37. The number of aliphatic imine (C=N–C) groups is 1. The summed E-state index contributed by atoms with van der Waals surface area (Å²) >= 11 is 0. The summed E-state index contributed by atoms with van der Waals surface area (Å²) in [6.07, 6.45) is -2.87. The topological polar surface area (TPSA) is 60.1 Å². The average Bonchev–Trinajstić information content (AvgIpc) is 3.03. The Hall–Kier alpha value is -3.43. The Morgan fingerprint density at radius 3 is 2.21 bits per heavy atom. The maximum atomic E-state index is 13.8. The molecule has 2 aromatic heterocycles. The third-order valence-corrected chi connectivity index (χ3v) is 3.80. The van der Waals surface area contributed by atoms with Gasteiger partial charge in [0.25, 0.3) is 0 Å². The van der Waals surface area contributed by atoms with E-state index in [0.29, 0.717) is 5.56 Å². The third-order valence-electron chi connectivity index (χ3n) is 3.80. The number of aldehydes is 1. The maximum Gasteiger partial charge on any atom is 0.435 e. The monoisotopic (exact) mass is 394 g/mol. The van der Waals surface area contributed by atoms with Crippen molar-refractivity contribution in [2.45, 2.75) is 6.18 Å². The van der Waals surface area contributed by atoms with Crippen LogP contribution in [0.25, 0.3) is 11.3 Å². The van der Waals surface area contributed by atoms with E-state index < -0.39 is 34.8 Å². The summed E-state index contributed by atoms with van der Waals surface area (Å²) in [6.45, 7) is 0. The molecule has 2 heterocycles. The number of aryl methyl sites for hydroxylation is 1. The SMILES string of the molecule is Cn1nc(C(F)(F)F)cc1-c1ccc(N=C(C=O)c2c(F)cncc2F)cc1. The van der Waals surface area contributed by atoms with E-state index in [1.165, 1.54) is 31.3 Å². The molecule has 28 heavy (non-hydrogen) atoms. The largest absolute Gasteiger partial charge is 0.435 e. The Morgan fingerprint density at radius 2 is 1.71 bits per heavy atom. The minimum atomic E-state index is -4.57. The van der Waals surface area contributed by atoms with E-state index in [1.54, 1.807) is 0 Å². The fourth-order valence-electron chi connectivity index (χ4n) is 2.52. The fourth-order valence-corrected chi connectivity index (χ4v) is 2.52. The molecule has 0 aliphatic rings. The van der Waals surface area contributed by atoms with Gasteiger partial charge >= 0.3 is 6.18 Å². The molecule has 5 nitrogen and oxygen atoms in total. The van der Waals surface area contributed by atoms with Crippen LogP contribution < -0.4 is 0 Å². The minimum Gasteiger partial charge on any atom is -0.296 e. The van der Waals surface area contributed by atoms with Gasteiger partial charge in [0.15, 0.2) is 23.6 Å². The highest BCUT2D eigenvalue weighted by Crippen LogP contribution is 2.32. The number of hydrogen-bond donors (Lipinski definition) is 0. The van der Waals surface area contributed by atoms with Gasteiger partial charge in [-0.15, -0.1) is 0 Å². The lowest BCUT2D eigenvalue weighted by Gasteiger charge is -2.05. The quantitative estimate of drug-likeness (QED) is 0.380. The van der Waals surface area contributed by atoms with E-state index in [1.807, 2.05) is 0 Å². The van der Waals surface area contributed by atoms with Crippen molar-refractivity contribution in [3.8, 4) is 11.3 Å². The van der Waals surface area contributed by atoms with Gasteiger partial charge in [0.1, 0.15) is 5.71 Å². The summed E-state index contributed by atoms with van der Waals surface area (Å²) in [7, 11) is 1.37. The minimum absolute atomic E-state index is 0.180. The molecule has 0 saturated heterocycles. The van der Waals surface area contributed by atoms with Crippen molar-refractivity contribution in [2.24, 2.45) is 12.0 Å². The maximum absolute atomic E-state index is 13.8. The zero-order valence-corrected chi connectivity index (χ0v) is 14.2. The molecule has 0 saturated carbocycles. The number of pyridine rings is 1. The van der Waals surface area contributed by atoms with Crippen LogP contribution in [0.3, 0.4) is 0 Å². The van der Waals surface area contributed by atoms with Gasteiger partial charge in [-0.05, 0) is 23.8 Å². The van der Waals surface area contributed by atoms with Gasteiger partial charge in [-0.25, -0.2) is 13.8 Å². The van der Waals surface area contributed by atoms with Crippen molar-refractivity contribution in [3.05, 3.63) is 65.6 Å². The number of aromatic nitrogens is 3. The number of halogens is 5. The lowest BCUT2D eigenvalue weighted by Crippen LogP contribution is -2.09. The molecule has 0 radical (unpaired) electrons. The summed E-state index contributed by atoms with van der Waals surface area (Å²) in [5.41, 5.74) is -1.32. The molecule has 0 aliphatic heterocycles. The van der Waals surface area contributed by atoms with Gasteiger partial charge in [-0.3, -0.25) is 14.5 Å². The van der Waals surface area contributed by atoms with Gasteiger partial charge in [-0.2, -0.15) is 18.3 Å². The molecule has 0 unspecified atom stereocenters. The molecule has 3 aromatic rings. The van der Waals surface area contributed by atoms with Crippen LogP contribution in [0.5, 0.6) is 0 Å². The molecular weight excluding hydrogens is 383 g/mol. The van der Waals surface area contributed by atoms with Crippen LogP contribution in [0.4, 0.5) is 27.6 Å². The number of nitrogens with zero attached hydrogens (tertiary/aromatic N) is 4. The van der Waals surface area contributed by atoms with Crippen LogP contribution in [0.1, 0.15) is 11.3 Å². The number of rotatable bonds is 4. The van der Waals surface area contributed by atoms with Crippen molar-refractivity contribution in [1.29, 1.82) is 0 Å². The molecule has 0 spiro atoms. The molecule has 0 bridgehead atoms. The van der Waals surface area contributed by atoms with Crippen molar-refractivity contribution >= 4 is 17.7 Å². The molecule has 3 rings (SSSR count). The Kier molecular flexibility index (Phi) is 5.04. The molecule has 0 N–H and O–H groups in total.